The number of hydrogen-bond donors (Lipinski definition) is 0. The van der Waals surface area contributed by atoms with E-state index in [1.807, 2.05) is 23.1 Å². The standard InChI is InChI=1S/C18H22N4O3S/c1-12(23)20-5-7-21(8-6-20)17(24)13-10-22(11-13)18-19-15-4-3-14(25-2)9-16(15)26-18/h3-4,9,13H,5-8,10-11H2,1-2H3. The first-order chi connectivity index (χ1) is 12.5. The summed E-state index contributed by atoms with van der Waals surface area (Å²) in [5.41, 5.74) is 0.959. The lowest BCUT2D eigenvalue weighted by molar-refractivity contribution is -0.141. The number of thiazole rings is 1. The molecule has 2 saturated heterocycles. The number of aromatic nitrogens is 1. The van der Waals surface area contributed by atoms with Gasteiger partial charge in [-0.15, -0.1) is 0 Å². The van der Waals surface area contributed by atoms with Crippen LogP contribution in [0.15, 0.2) is 18.2 Å². The van der Waals surface area contributed by atoms with E-state index in [0.29, 0.717) is 39.3 Å². The van der Waals surface area contributed by atoms with E-state index in [4.69, 9.17) is 4.74 Å². The monoisotopic (exact) mass is 374 g/mol. The predicted octanol–water partition coefficient (Wildman–Crippen LogP) is 1.43. The number of benzene rings is 1. The highest BCUT2D eigenvalue weighted by molar-refractivity contribution is 7.22. The van der Waals surface area contributed by atoms with Gasteiger partial charge in [0.2, 0.25) is 11.8 Å². The molecule has 2 fully saturated rings. The Balaban J connectivity index is 1.35. The molecule has 0 atom stereocenters. The molecule has 4 rings (SSSR count). The molecule has 0 radical (unpaired) electrons. The van der Waals surface area contributed by atoms with E-state index in [-0.39, 0.29) is 17.7 Å². The van der Waals surface area contributed by atoms with Crippen LogP contribution in [0.25, 0.3) is 10.2 Å². The van der Waals surface area contributed by atoms with Gasteiger partial charge in [-0.3, -0.25) is 9.59 Å². The average molecular weight is 374 g/mol. The van der Waals surface area contributed by atoms with Crippen LogP contribution in [0.4, 0.5) is 5.13 Å². The van der Waals surface area contributed by atoms with Gasteiger partial charge in [-0.05, 0) is 18.2 Å². The molecule has 7 nitrogen and oxygen atoms in total. The largest absolute Gasteiger partial charge is 0.497 e. The lowest BCUT2D eigenvalue weighted by Gasteiger charge is -2.42. The van der Waals surface area contributed by atoms with Crippen molar-refractivity contribution < 1.29 is 14.3 Å². The Labute approximate surface area is 156 Å². The molecule has 2 aromatic rings. The van der Waals surface area contributed by atoms with Crippen molar-refractivity contribution in [2.75, 3.05) is 51.3 Å². The second-order valence-corrected chi connectivity index (χ2v) is 7.77. The minimum atomic E-state index is 0.0282. The number of methoxy groups -OCH3 is 1. The molecule has 8 heteroatoms. The second kappa shape index (κ2) is 6.75. The van der Waals surface area contributed by atoms with E-state index in [9.17, 15) is 9.59 Å². The molecule has 0 unspecified atom stereocenters. The maximum absolute atomic E-state index is 12.7. The molecule has 3 heterocycles. The number of rotatable bonds is 3. The summed E-state index contributed by atoms with van der Waals surface area (Å²) in [6.45, 7) is 5.54. The normalized spacial score (nSPS) is 18.2. The second-order valence-electron chi connectivity index (χ2n) is 6.76. The van der Waals surface area contributed by atoms with Crippen molar-refractivity contribution in [3.8, 4) is 5.75 Å². The van der Waals surface area contributed by atoms with Gasteiger partial charge >= 0.3 is 0 Å². The number of fused-ring (bicyclic) bond motifs is 1. The Morgan fingerprint density at radius 2 is 1.85 bits per heavy atom. The van der Waals surface area contributed by atoms with Gasteiger partial charge in [-0.25, -0.2) is 4.98 Å². The maximum Gasteiger partial charge on any atom is 0.229 e. The van der Waals surface area contributed by atoms with Crippen LogP contribution < -0.4 is 9.64 Å². The summed E-state index contributed by atoms with van der Waals surface area (Å²) in [6.07, 6.45) is 0. The van der Waals surface area contributed by atoms with E-state index in [1.54, 1.807) is 30.3 Å². The Morgan fingerprint density at radius 1 is 1.15 bits per heavy atom. The molecule has 0 bridgehead atoms. The van der Waals surface area contributed by atoms with Gasteiger partial charge in [-0.1, -0.05) is 11.3 Å². The van der Waals surface area contributed by atoms with Crippen LogP contribution in [0.5, 0.6) is 5.75 Å². The molecule has 0 N–H and O–H groups in total. The lowest BCUT2D eigenvalue weighted by atomic mass is 9.99. The quantitative estimate of drug-likeness (QED) is 0.813. The van der Waals surface area contributed by atoms with E-state index in [2.05, 4.69) is 9.88 Å². The van der Waals surface area contributed by atoms with Gasteiger partial charge in [0.15, 0.2) is 5.13 Å². The van der Waals surface area contributed by atoms with E-state index >= 15 is 0 Å². The van der Waals surface area contributed by atoms with Crippen LogP contribution in [0.1, 0.15) is 6.92 Å². The predicted molar refractivity (Wildman–Crippen MR) is 101 cm³/mol. The first-order valence-electron chi connectivity index (χ1n) is 8.79. The molecule has 0 spiro atoms. The van der Waals surface area contributed by atoms with Gasteiger partial charge in [0.25, 0.3) is 0 Å². The van der Waals surface area contributed by atoms with Crippen LogP contribution >= 0.6 is 11.3 Å². The van der Waals surface area contributed by atoms with Crippen LogP contribution in [-0.2, 0) is 9.59 Å². The van der Waals surface area contributed by atoms with Crippen LogP contribution in [0.3, 0.4) is 0 Å². The Hall–Kier alpha value is -2.35. The lowest BCUT2D eigenvalue weighted by Crippen LogP contribution is -2.58. The van der Waals surface area contributed by atoms with E-state index < -0.39 is 0 Å². The van der Waals surface area contributed by atoms with Crippen molar-refractivity contribution in [1.82, 2.24) is 14.8 Å². The minimum Gasteiger partial charge on any atom is -0.497 e. The molecule has 26 heavy (non-hydrogen) atoms. The molecule has 0 saturated carbocycles. The highest BCUT2D eigenvalue weighted by Crippen LogP contribution is 2.35. The topological polar surface area (TPSA) is 66.0 Å². The van der Waals surface area contributed by atoms with Gasteiger partial charge < -0.3 is 19.4 Å². The number of ether oxygens (including phenoxy) is 1. The van der Waals surface area contributed by atoms with Crippen LogP contribution in [-0.4, -0.2) is 73.0 Å². The third kappa shape index (κ3) is 3.09. The SMILES string of the molecule is COc1ccc2nc(N3CC(C(=O)N4CCN(C(C)=O)CC4)C3)sc2c1. The van der Waals surface area contributed by atoms with Crippen LogP contribution in [0, 0.1) is 5.92 Å². The van der Waals surface area contributed by atoms with Crippen molar-refractivity contribution in [3.05, 3.63) is 18.2 Å². The fourth-order valence-corrected chi connectivity index (χ4v) is 4.46. The Morgan fingerprint density at radius 3 is 2.50 bits per heavy atom. The number of carbonyl (C=O) groups excluding carboxylic acids is 2. The summed E-state index contributed by atoms with van der Waals surface area (Å²) < 4.78 is 6.35. The molecule has 2 amide bonds. The number of carbonyl (C=O) groups is 2. The Bertz CT molecular complexity index is 838. The number of amides is 2. The number of anilines is 1. The first kappa shape index (κ1) is 17.1. The molecule has 2 aliphatic heterocycles. The van der Waals surface area contributed by atoms with Gasteiger partial charge in [0, 0.05) is 46.2 Å². The summed E-state index contributed by atoms with van der Waals surface area (Å²) in [5.74, 6) is 1.14. The fourth-order valence-electron chi connectivity index (χ4n) is 3.45. The van der Waals surface area contributed by atoms with E-state index in [0.717, 1.165) is 21.1 Å². The Kier molecular flexibility index (Phi) is 4.44. The van der Waals surface area contributed by atoms with Gasteiger partial charge in [0.1, 0.15) is 5.75 Å². The van der Waals surface area contributed by atoms with Crippen molar-refractivity contribution in [1.29, 1.82) is 0 Å². The molecular formula is C18H22N4O3S. The first-order valence-corrected chi connectivity index (χ1v) is 9.60. The highest BCUT2D eigenvalue weighted by Gasteiger charge is 2.37. The summed E-state index contributed by atoms with van der Waals surface area (Å²) in [4.78, 5) is 34.6. The maximum atomic E-state index is 12.7. The number of hydrogen-bond acceptors (Lipinski definition) is 6. The number of nitrogens with zero attached hydrogens (tertiary/aromatic N) is 4. The molecule has 138 valence electrons. The fraction of sp³-hybridized carbons (Fsp3) is 0.500. The number of piperazine rings is 1. The van der Waals surface area contributed by atoms with Crippen molar-refractivity contribution >= 4 is 38.5 Å². The zero-order chi connectivity index (χ0) is 18.3. The molecule has 1 aromatic carbocycles. The zero-order valence-corrected chi connectivity index (χ0v) is 15.8. The van der Waals surface area contributed by atoms with Crippen molar-refractivity contribution in [2.45, 2.75) is 6.92 Å². The molecular weight excluding hydrogens is 352 g/mol. The molecule has 1 aromatic heterocycles. The van der Waals surface area contributed by atoms with Gasteiger partial charge in [0.05, 0.1) is 23.2 Å². The molecule has 2 aliphatic rings. The third-order valence-electron chi connectivity index (χ3n) is 5.12. The minimum absolute atomic E-state index is 0.0282. The average Bonchev–Trinajstić information content (AvgIpc) is 3.02. The smallest absolute Gasteiger partial charge is 0.229 e. The van der Waals surface area contributed by atoms with Crippen LogP contribution in [0.2, 0.25) is 0 Å². The summed E-state index contributed by atoms with van der Waals surface area (Å²) >= 11 is 1.63. The summed E-state index contributed by atoms with van der Waals surface area (Å²) in [6, 6.07) is 5.87. The van der Waals surface area contributed by atoms with Gasteiger partial charge in [-0.2, -0.15) is 0 Å². The summed E-state index contributed by atoms with van der Waals surface area (Å²) in [5, 5.41) is 0.957. The summed E-state index contributed by atoms with van der Waals surface area (Å²) in [7, 11) is 1.66. The third-order valence-corrected chi connectivity index (χ3v) is 6.20. The highest BCUT2D eigenvalue weighted by atomic mass is 32.1. The van der Waals surface area contributed by atoms with Crippen molar-refractivity contribution in [2.24, 2.45) is 5.92 Å². The van der Waals surface area contributed by atoms with Crippen molar-refractivity contribution in [3.63, 3.8) is 0 Å². The zero-order valence-electron chi connectivity index (χ0n) is 15.0. The molecule has 0 aliphatic carbocycles. The van der Waals surface area contributed by atoms with E-state index in [1.165, 1.54) is 0 Å².